The zero-order chi connectivity index (χ0) is 16.4. The Morgan fingerprint density at radius 1 is 1.26 bits per heavy atom. The fraction of sp³-hybridized carbons (Fsp3) is 0.176. The molecule has 0 fully saturated rings. The summed E-state index contributed by atoms with van der Waals surface area (Å²) in [5, 5.41) is 4.35. The fourth-order valence-electron chi connectivity index (χ4n) is 2.46. The number of benzene rings is 2. The van der Waals surface area contributed by atoms with E-state index in [1.165, 1.54) is 12.1 Å². The van der Waals surface area contributed by atoms with E-state index in [1.807, 2.05) is 18.2 Å². The van der Waals surface area contributed by atoms with Crippen LogP contribution in [0, 0.1) is 12.7 Å². The van der Waals surface area contributed by atoms with Crippen LogP contribution in [0.5, 0.6) is 0 Å². The molecule has 1 atom stereocenters. The molecule has 0 saturated heterocycles. The molecular weight excluding hydrogens is 317 g/mol. The van der Waals surface area contributed by atoms with Crippen molar-refractivity contribution in [1.29, 1.82) is 0 Å². The molecule has 0 saturated carbocycles. The van der Waals surface area contributed by atoms with Gasteiger partial charge in [-0.3, -0.25) is 0 Å². The first kappa shape index (κ1) is 15.6. The summed E-state index contributed by atoms with van der Waals surface area (Å²) < 4.78 is 18.8. The lowest BCUT2D eigenvalue weighted by Gasteiger charge is -2.13. The summed E-state index contributed by atoms with van der Waals surface area (Å²) in [5.41, 5.74) is 8.66. The molecule has 2 aromatic carbocycles. The number of rotatable bonds is 4. The van der Waals surface area contributed by atoms with Gasteiger partial charge in [0.25, 0.3) is 0 Å². The minimum absolute atomic E-state index is 0.320. The molecule has 0 unspecified atom stereocenters. The highest BCUT2D eigenvalue weighted by atomic mass is 35.5. The molecular formula is C17H15ClFN3O. The number of nitrogens with zero attached hydrogens (tertiary/aromatic N) is 2. The highest BCUT2D eigenvalue weighted by Crippen LogP contribution is 2.29. The maximum Gasteiger partial charge on any atom is 0.243 e. The minimum atomic E-state index is -0.504. The van der Waals surface area contributed by atoms with Crippen molar-refractivity contribution in [3.63, 3.8) is 0 Å². The monoisotopic (exact) mass is 331 g/mol. The van der Waals surface area contributed by atoms with Crippen molar-refractivity contribution in [1.82, 2.24) is 10.1 Å². The normalized spacial score (nSPS) is 12.3. The fourth-order valence-corrected chi connectivity index (χ4v) is 2.65. The van der Waals surface area contributed by atoms with Crippen LogP contribution in [0.4, 0.5) is 4.39 Å². The van der Waals surface area contributed by atoms with Crippen molar-refractivity contribution < 1.29 is 8.91 Å². The summed E-state index contributed by atoms with van der Waals surface area (Å²) in [4.78, 5) is 4.13. The van der Waals surface area contributed by atoms with Gasteiger partial charge in [-0.05, 0) is 54.3 Å². The number of halogens is 2. The van der Waals surface area contributed by atoms with Gasteiger partial charge in [-0.15, -0.1) is 0 Å². The maximum atomic E-state index is 13.7. The van der Waals surface area contributed by atoms with E-state index >= 15 is 0 Å². The van der Waals surface area contributed by atoms with E-state index in [2.05, 4.69) is 10.1 Å². The first-order chi connectivity index (χ1) is 11.0. The van der Waals surface area contributed by atoms with Crippen LogP contribution in [0.2, 0.25) is 5.02 Å². The van der Waals surface area contributed by atoms with Crippen molar-refractivity contribution in [2.45, 2.75) is 19.4 Å². The summed E-state index contributed by atoms with van der Waals surface area (Å²) in [7, 11) is 0. The molecule has 1 heterocycles. The van der Waals surface area contributed by atoms with Gasteiger partial charge in [-0.1, -0.05) is 35.0 Å². The van der Waals surface area contributed by atoms with Gasteiger partial charge in [-0.25, -0.2) is 4.39 Å². The molecule has 0 aliphatic rings. The summed E-state index contributed by atoms with van der Waals surface area (Å²) >= 11 is 6.05. The minimum Gasteiger partial charge on any atom is -0.338 e. The zero-order valence-electron chi connectivity index (χ0n) is 12.5. The van der Waals surface area contributed by atoms with E-state index in [9.17, 15) is 4.39 Å². The Balaban J connectivity index is 1.96. The summed E-state index contributed by atoms with van der Waals surface area (Å²) in [6, 6.07) is 11.5. The molecule has 1 aromatic heterocycles. The maximum absolute atomic E-state index is 13.7. The zero-order valence-corrected chi connectivity index (χ0v) is 13.2. The first-order valence-electron chi connectivity index (χ1n) is 7.13. The first-order valence-corrected chi connectivity index (χ1v) is 7.51. The van der Waals surface area contributed by atoms with E-state index < -0.39 is 6.04 Å². The molecule has 2 N–H and O–H groups in total. The van der Waals surface area contributed by atoms with E-state index in [0.29, 0.717) is 23.2 Å². The molecule has 0 radical (unpaired) electrons. The van der Waals surface area contributed by atoms with Crippen molar-refractivity contribution in [3.05, 3.63) is 70.6 Å². The highest BCUT2D eigenvalue weighted by Gasteiger charge is 2.17. The number of hydrogen-bond donors (Lipinski definition) is 1. The number of aromatic nitrogens is 2. The molecule has 0 amide bonds. The molecule has 118 valence electrons. The van der Waals surface area contributed by atoms with Crippen LogP contribution in [0.15, 0.2) is 47.0 Å². The Morgan fingerprint density at radius 3 is 2.78 bits per heavy atom. The predicted octanol–water partition coefficient (Wildman–Crippen LogP) is 4.08. The van der Waals surface area contributed by atoms with Gasteiger partial charge >= 0.3 is 0 Å². The third-order valence-electron chi connectivity index (χ3n) is 3.50. The van der Waals surface area contributed by atoms with E-state index in [-0.39, 0.29) is 5.82 Å². The van der Waals surface area contributed by atoms with Gasteiger partial charge in [0, 0.05) is 5.02 Å². The number of aryl methyl sites for hydroxylation is 1. The molecule has 0 spiro atoms. The molecule has 0 aliphatic heterocycles. The Labute approximate surface area is 138 Å². The van der Waals surface area contributed by atoms with Gasteiger partial charge in [0.05, 0.1) is 6.04 Å². The molecule has 0 bridgehead atoms. The van der Waals surface area contributed by atoms with E-state index in [4.69, 9.17) is 21.9 Å². The Kier molecular flexibility index (Phi) is 4.41. The number of nitrogens with two attached hydrogens (primary N) is 1. The molecule has 6 heteroatoms. The van der Waals surface area contributed by atoms with Crippen LogP contribution >= 0.6 is 11.6 Å². The Hall–Kier alpha value is -2.24. The van der Waals surface area contributed by atoms with Gasteiger partial charge in [0.1, 0.15) is 5.82 Å². The van der Waals surface area contributed by atoms with Crippen LogP contribution < -0.4 is 5.73 Å². The lowest BCUT2D eigenvalue weighted by Crippen LogP contribution is -2.14. The van der Waals surface area contributed by atoms with Crippen LogP contribution in [0.3, 0.4) is 0 Å². The van der Waals surface area contributed by atoms with Crippen LogP contribution in [0.1, 0.15) is 23.3 Å². The van der Waals surface area contributed by atoms with E-state index in [0.717, 1.165) is 16.7 Å². The van der Waals surface area contributed by atoms with Gasteiger partial charge < -0.3 is 10.3 Å². The smallest absolute Gasteiger partial charge is 0.243 e. The second kappa shape index (κ2) is 6.48. The molecule has 4 nitrogen and oxygen atoms in total. The molecule has 3 aromatic rings. The number of hydrogen-bond acceptors (Lipinski definition) is 4. The lowest BCUT2D eigenvalue weighted by atomic mass is 9.95. The molecule has 23 heavy (non-hydrogen) atoms. The third kappa shape index (κ3) is 3.57. The average molecular weight is 332 g/mol. The van der Waals surface area contributed by atoms with Crippen molar-refractivity contribution in [2.24, 2.45) is 5.73 Å². The lowest BCUT2D eigenvalue weighted by molar-refractivity contribution is 0.351. The Bertz CT molecular complexity index is 834. The summed E-state index contributed by atoms with van der Waals surface area (Å²) in [6.45, 7) is 1.72. The van der Waals surface area contributed by atoms with Crippen LogP contribution in [0.25, 0.3) is 11.1 Å². The van der Waals surface area contributed by atoms with Crippen LogP contribution in [-0.4, -0.2) is 10.1 Å². The van der Waals surface area contributed by atoms with Crippen molar-refractivity contribution in [3.8, 4) is 11.1 Å². The second-order valence-corrected chi connectivity index (χ2v) is 5.74. The van der Waals surface area contributed by atoms with Gasteiger partial charge in [-0.2, -0.15) is 4.98 Å². The predicted molar refractivity (Wildman–Crippen MR) is 86.5 cm³/mol. The second-order valence-electron chi connectivity index (χ2n) is 5.30. The molecule has 3 rings (SSSR count). The Morgan fingerprint density at radius 2 is 2.09 bits per heavy atom. The van der Waals surface area contributed by atoms with E-state index in [1.54, 1.807) is 19.1 Å². The summed E-state index contributed by atoms with van der Waals surface area (Å²) in [5.74, 6) is 0.535. The van der Waals surface area contributed by atoms with Crippen molar-refractivity contribution >= 4 is 11.6 Å². The third-order valence-corrected chi connectivity index (χ3v) is 3.74. The largest absolute Gasteiger partial charge is 0.338 e. The highest BCUT2D eigenvalue weighted by molar-refractivity contribution is 6.30. The summed E-state index contributed by atoms with van der Waals surface area (Å²) in [6.07, 6.45) is 0.376. The van der Waals surface area contributed by atoms with Crippen LogP contribution in [-0.2, 0) is 6.42 Å². The quantitative estimate of drug-likeness (QED) is 0.782. The SMILES string of the molecule is Cc1noc([C@H](N)Cc2cc(F)ccc2-c2cccc(Cl)c2)n1. The standard InChI is InChI=1S/C17H15ClFN3O/c1-10-21-17(23-22-10)16(20)9-12-8-14(19)5-6-15(12)11-3-2-4-13(18)7-11/h2-8,16H,9,20H2,1H3/t16-/m1/s1. The topological polar surface area (TPSA) is 64.9 Å². The molecule has 0 aliphatic carbocycles. The average Bonchev–Trinajstić information content (AvgIpc) is 2.94. The van der Waals surface area contributed by atoms with Gasteiger partial charge in [0.2, 0.25) is 5.89 Å². The van der Waals surface area contributed by atoms with Gasteiger partial charge in [0.15, 0.2) is 5.82 Å². The van der Waals surface area contributed by atoms with Crippen molar-refractivity contribution in [2.75, 3.05) is 0 Å².